The zero-order chi connectivity index (χ0) is 12.7. The van der Waals surface area contributed by atoms with Gasteiger partial charge in [-0.25, -0.2) is 16.8 Å². The van der Waals surface area contributed by atoms with Gasteiger partial charge in [0.15, 0.2) is 0 Å². The molecule has 0 aliphatic carbocycles. The number of fused-ring (bicyclic) bond motifs is 1. The van der Waals surface area contributed by atoms with E-state index in [-0.39, 0.29) is 17.5 Å². The van der Waals surface area contributed by atoms with E-state index >= 15 is 0 Å². The van der Waals surface area contributed by atoms with E-state index in [0.29, 0.717) is 19.0 Å². The van der Waals surface area contributed by atoms with E-state index in [9.17, 15) is 16.8 Å². The van der Waals surface area contributed by atoms with E-state index in [1.54, 1.807) is 0 Å². The molecule has 2 aliphatic rings. The predicted octanol–water partition coefficient (Wildman–Crippen LogP) is -1.35. The van der Waals surface area contributed by atoms with Crippen molar-refractivity contribution in [2.75, 3.05) is 37.4 Å². The van der Waals surface area contributed by atoms with Crippen molar-refractivity contribution in [3.8, 4) is 0 Å². The monoisotopic (exact) mass is 282 g/mol. The van der Waals surface area contributed by atoms with E-state index in [0.717, 1.165) is 19.2 Å². The third-order valence-electron chi connectivity index (χ3n) is 3.43. The Morgan fingerprint density at radius 2 is 1.88 bits per heavy atom. The molecule has 0 amide bonds. The number of rotatable bonds is 4. The normalized spacial score (nSPS) is 30.6. The summed E-state index contributed by atoms with van der Waals surface area (Å²) in [5.41, 5.74) is 0. The molecular weight excluding hydrogens is 264 g/mol. The minimum absolute atomic E-state index is 0.253. The first-order valence-electron chi connectivity index (χ1n) is 5.67. The average Bonchev–Trinajstić information content (AvgIpc) is 2.72. The van der Waals surface area contributed by atoms with Crippen LogP contribution in [0.3, 0.4) is 0 Å². The van der Waals surface area contributed by atoms with Gasteiger partial charge in [-0.3, -0.25) is 0 Å². The lowest BCUT2D eigenvalue weighted by atomic mass is 10.1. The SMILES string of the molecule is CS(=O)(=O)CCS(=O)(=O)N1C[C@@H]2CCN[C@@H]2C1. The Balaban J connectivity index is 1.98. The molecule has 2 saturated heterocycles. The highest BCUT2D eigenvalue weighted by Crippen LogP contribution is 2.26. The first-order chi connectivity index (χ1) is 7.78. The van der Waals surface area contributed by atoms with E-state index in [1.165, 1.54) is 4.31 Å². The number of hydrogen-bond donors (Lipinski definition) is 1. The van der Waals surface area contributed by atoms with Gasteiger partial charge in [0, 0.05) is 25.4 Å². The van der Waals surface area contributed by atoms with Gasteiger partial charge in [-0.15, -0.1) is 0 Å². The van der Waals surface area contributed by atoms with Crippen LogP contribution in [0.4, 0.5) is 0 Å². The summed E-state index contributed by atoms with van der Waals surface area (Å²) in [7, 11) is -6.65. The number of sulfonamides is 1. The lowest BCUT2D eigenvalue weighted by Gasteiger charge is -2.16. The first kappa shape index (κ1) is 13.3. The number of nitrogens with one attached hydrogen (secondary N) is 1. The molecule has 1 N–H and O–H groups in total. The second kappa shape index (κ2) is 4.49. The van der Waals surface area contributed by atoms with Crippen LogP contribution in [-0.2, 0) is 19.9 Å². The van der Waals surface area contributed by atoms with Crippen LogP contribution in [0.1, 0.15) is 6.42 Å². The Morgan fingerprint density at radius 1 is 1.18 bits per heavy atom. The van der Waals surface area contributed by atoms with E-state index in [1.807, 2.05) is 0 Å². The highest BCUT2D eigenvalue weighted by molar-refractivity contribution is 7.93. The quantitative estimate of drug-likeness (QED) is 0.689. The van der Waals surface area contributed by atoms with Crippen LogP contribution in [0.25, 0.3) is 0 Å². The third kappa shape index (κ3) is 3.18. The molecule has 2 rings (SSSR count). The molecule has 6 nitrogen and oxygen atoms in total. The summed E-state index contributed by atoms with van der Waals surface area (Å²) in [4.78, 5) is 0. The second-order valence-electron chi connectivity index (χ2n) is 4.87. The molecule has 2 atom stereocenters. The van der Waals surface area contributed by atoms with Crippen molar-refractivity contribution in [1.82, 2.24) is 9.62 Å². The summed E-state index contributed by atoms with van der Waals surface area (Å²) in [5, 5.41) is 3.27. The maximum Gasteiger partial charge on any atom is 0.215 e. The van der Waals surface area contributed by atoms with Crippen molar-refractivity contribution in [2.24, 2.45) is 5.92 Å². The van der Waals surface area contributed by atoms with Gasteiger partial charge in [0.1, 0.15) is 9.84 Å². The van der Waals surface area contributed by atoms with E-state index in [2.05, 4.69) is 5.32 Å². The fourth-order valence-corrected chi connectivity index (χ4v) is 5.54. The minimum Gasteiger partial charge on any atom is -0.312 e. The lowest BCUT2D eigenvalue weighted by molar-refractivity contribution is 0.449. The van der Waals surface area contributed by atoms with Crippen molar-refractivity contribution >= 4 is 19.9 Å². The number of sulfone groups is 1. The molecule has 2 aliphatic heterocycles. The topological polar surface area (TPSA) is 83.5 Å². The third-order valence-corrected chi connectivity index (χ3v) is 6.44. The summed E-state index contributed by atoms with van der Waals surface area (Å²) in [6.45, 7) is 1.97. The number of nitrogens with zero attached hydrogens (tertiary/aromatic N) is 1. The molecule has 2 fully saturated rings. The van der Waals surface area contributed by atoms with Crippen LogP contribution in [0.2, 0.25) is 0 Å². The van der Waals surface area contributed by atoms with Gasteiger partial charge in [0.25, 0.3) is 0 Å². The Labute approximate surface area is 102 Å². The molecule has 0 unspecified atom stereocenters. The molecule has 0 aromatic carbocycles. The zero-order valence-electron chi connectivity index (χ0n) is 9.79. The van der Waals surface area contributed by atoms with E-state index in [4.69, 9.17) is 0 Å². The molecule has 2 heterocycles. The Hall–Kier alpha value is -0.180. The van der Waals surface area contributed by atoms with Crippen molar-refractivity contribution in [2.45, 2.75) is 12.5 Å². The minimum atomic E-state index is -3.42. The summed E-state index contributed by atoms with van der Waals surface area (Å²) >= 11 is 0. The van der Waals surface area contributed by atoms with E-state index < -0.39 is 19.9 Å². The van der Waals surface area contributed by atoms with Gasteiger partial charge >= 0.3 is 0 Å². The maximum atomic E-state index is 11.9. The van der Waals surface area contributed by atoms with Crippen molar-refractivity contribution < 1.29 is 16.8 Å². The van der Waals surface area contributed by atoms with Gasteiger partial charge in [0.05, 0.1) is 11.5 Å². The lowest BCUT2D eigenvalue weighted by Crippen LogP contribution is -2.36. The van der Waals surface area contributed by atoms with Gasteiger partial charge < -0.3 is 5.32 Å². The predicted molar refractivity (Wildman–Crippen MR) is 65.0 cm³/mol. The molecular formula is C9H18N2O4S2. The fraction of sp³-hybridized carbons (Fsp3) is 1.00. The maximum absolute atomic E-state index is 11.9. The number of hydrogen-bond acceptors (Lipinski definition) is 5. The van der Waals surface area contributed by atoms with Gasteiger partial charge in [-0.2, -0.15) is 4.31 Å². The van der Waals surface area contributed by atoms with Crippen molar-refractivity contribution in [3.05, 3.63) is 0 Å². The van der Waals surface area contributed by atoms with Gasteiger partial charge in [-0.1, -0.05) is 0 Å². The molecule has 0 radical (unpaired) electrons. The molecule has 100 valence electrons. The summed E-state index contributed by atoms with van der Waals surface area (Å²) < 4.78 is 47.3. The summed E-state index contributed by atoms with van der Waals surface area (Å²) in [5.74, 6) is -0.206. The highest BCUT2D eigenvalue weighted by atomic mass is 32.2. The van der Waals surface area contributed by atoms with Crippen LogP contribution in [0.5, 0.6) is 0 Å². The van der Waals surface area contributed by atoms with Crippen LogP contribution in [0.15, 0.2) is 0 Å². The van der Waals surface area contributed by atoms with Crippen LogP contribution in [-0.4, -0.2) is 64.6 Å². The second-order valence-corrected chi connectivity index (χ2v) is 9.22. The Kier molecular flexibility index (Phi) is 3.50. The molecule has 8 heteroatoms. The molecule has 0 aromatic rings. The molecule has 0 bridgehead atoms. The Morgan fingerprint density at radius 3 is 2.47 bits per heavy atom. The van der Waals surface area contributed by atoms with Crippen molar-refractivity contribution in [1.29, 1.82) is 0 Å². The highest BCUT2D eigenvalue weighted by Gasteiger charge is 2.40. The summed E-state index contributed by atoms with van der Waals surface area (Å²) in [6.07, 6.45) is 2.06. The summed E-state index contributed by atoms with van der Waals surface area (Å²) in [6, 6.07) is 0.253. The standard InChI is InChI=1S/C9H18N2O4S2/c1-16(12,13)4-5-17(14,15)11-6-8-2-3-10-9(8)7-11/h8-10H,2-7H2,1H3/t8-,9+/m0/s1. The van der Waals surface area contributed by atoms with Crippen LogP contribution in [0, 0.1) is 5.92 Å². The van der Waals surface area contributed by atoms with Crippen LogP contribution >= 0.6 is 0 Å². The first-order valence-corrected chi connectivity index (χ1v) is 9.34. The molecule has 0 saturated carbocycles. The average molecular weight is 282 g/mol. The van der Waals surface area contributed by atoms with Crippen molar-refractivity contribution in [3.63, 3.8) is 0 Å². The van der Waals surface area contributed by atoms with Gasteiger partial charge in [0.2, 0.25) is 10.0 Å². The fourth-order valence-electron chi connectivity index (χ4n) is 2.42. The largest absolute Gasteiger partial charge is 0.312 e. The molecule has 17 heavy (non-hydrogen) atoms. The van der Waals surface area contributed by atoms with Crippen LogP contribution < -0.4 is 5.32 Å². The van der Waals surface area contributed by atoms with Gasteiger partial charge in [-0.05, 0) is 18.9 Å². The Bertz CT molecular complexity index is 473. The smallest absolute Gasteiger partial charge is 0.215 e. The molecule has 0 aromatic heterocycles. The zero-order valence-corrected chi connectivity index (χ0v) is 11.4. The molecule has 0 spiro atoms.